The van der Waals surface area contributed by atoms with Crippen LogP contribution in [0, 0.1) is 24.4 Å². The zero-order valence-corrected chi connectivity index (χ0v) is 21.9. The maximum absolute atomic E-state index is 14.7. The number of carbonyl (C=O) groups is 1. The van der Waals surface area contributed by atoms with Crippen molar-refractivity contribution in [2.75, 3.05) is 26.3 Å². The van der Waals surface area contributed by atoms with Crippen molar-refractivity contribution in [3.05, 3.63) is 70.0 Å². The molecule has 37 heavy (non-hydrogen) atoms. The summed E-state index contributed by atoms with van der Waals surface area (Å²) in [6, 6.07) is 7.55. The Labute approximate surface area is 217 Å². The summed E-state index contributed by atoms with van der Waals surface area (Å²) >= 11 is 0. The van der Waals surface area contributed by atoms with Crippen LogP contribution in [0.2, 0.25) is 0 Å². The van der Waals surface area contributed by atoms with Gasteiger partial charge in [-0.3, -0.25) is 9.69 Å². The first-order chi connectivity index (χ1) is 17.7. The van der Waals surface area contributed by atoms with E-state index in [1.165, 1.54) is 6.07 Å². The molecular formula is C29H38F3NO4. The van der Waals surface area contributed by atoms with Crippen molar-refractivity contribution < 1.29 is 32.5 Å². The number of carbonyl (C=O) groups excluding carboxylic acids is 1. The van der Waals surface area contributed by atoms with Gasteiger partial charge in [0.1, 0.15) is 17.5 Å². The summed E-state index contributed by atoms with van der Waals surface area (Å²) in [5.74, 6) is -2.11. The third kappa shape index (κ3) is 8.28. The van der Waals surface area contributed by atoms with E-state index in [1.807, 2.05) is 13.0 Å². The van der Waals surface area contributed by atoms with Crippen LogP contribution < -0.4 is 0 Å². The van der Waals surface area contributed by atoms with Gasteiger partial charge in [-0.15, -0.1) is 0 Å². The zero-order chi connectivity index (χ0) is 26.9. The molecule has 1 aliphatic rings. The summed E-state index contributed by atoms with van der Waals surface area (Å²) in [4.78, 5) is 14.0. The molecular weight excluding hydrogens is 483 g/mol. The summed E-state index contributed by atoms with van der Waals surface area (Å²) in [6.45, 7) is 6.73. The van der Waals surface area contributed by atoms with Crippen molar-refractivity contribution >= 4 is 5.97 Å². The molecule has 1 fully saturated rings. The van der Waals surface area contributed by atoms with Gasteiger partial charge < -0.3 is 14.6 Å². The van der Waals surface area contributed by atoms with Crippen LogP contribution >= 0.6 is 0 Å². The largest absolute Gasteiger partial charge is 0.466 e. The number of ether oxygens (including phenoxy) is 2. The molecule has 3 atom stereocenters. The summed E-state index contributed by atoms with van der Waals surface area (Å²) in [5.41, 5.74) is 2.12. The lowest BCUT2D eigenvalue weighted by molar-refractivity contribution is -0.143. The van der Waals surface area contributed by atoms with Gasteiger partial charge in [-0.05, 0) is 86.9 Å². The normalized spacial score (nSPS) is 17.6. The molecule has 2 aromatic carbocycles. The molecule has 2 aromatic rings. The number of rotatable bonds is 13. The van der Waals surface area contributed by atoms with E-state index < -0.39 is 29.8 Å². The Bertz CT molecular complexity index is 1050. The quantitative estimate of drug-likeness (QED) is 0.356. The van der Waals surface area contributed by atoms with Gasteiger partial charge in [-0.25, -0.2) is 13.2 Å². The van der Waals surface area contributed by atoms with Crippen LogP contribution in [0.25, 0.3) is 0 Å². The van der Waals surface area contributed by atoms with Gasteiger partial charge in [0.25, 0.3) is 0 Å². The number of hydrogen-bond donors (Lipinski definition) is 1. The van der Waals surface area contributed by atoms with Gasteiger partial charge in [0.15, 0.2) is 0 Å². The lowest BCUT2D eigenvalue weighted by Gasteiger charge is -2.28. The Hall–Kier alpha value is -2.42. The number of likely N-dealkylation sites (tertiary alicyclic amines) is 1. The summed E-state index contributed by atoms with van der Waals surface area (Å²) in [6.07, 6.45) is 1.71. The molecule has 5 nitrogen and oxygen atoms in total. The molecule has 8 heteroatoms. The number of hydrogen-bond acceptors (Lipinski definition) is 5. The van der Waals surface area contributed by atoms with Gasteiger partial charge in [0.05, 0.1) is 25.4 Å². The van der Waals surface area contributed by atoms with Crippen LogP contribution in [0.5, 0.6) is 0 Å². The van der Waals surface area contributed by atoms with E-state index in [4.69, 9.17) is 9.47 Å². The molecule has 0 spiro atoms. The Morgan fingerprint density at radius 3 is 2.65 bits per heavy atom. The maximum Gasteiger partial charge on any atom is 0.306 e. The number of benzene rings is 2. The number of aryl methyl sites for hydroxylation is 1. The van der Waals surface area contributed by atoms with E-state index in [0.717, 1.165) is 31.0 Å². The number of aliphatic hydroxyl groups excluding tert-OH is 1. The molecule has 0 radical (unpaired) electrons. The Balaban J connectivity index is 1.61. The SMILES string of the molecule is CCOC(=O)CCc1c(F)cc(F)cc1[C@@H](CC)OC[C@H](O)CN1CCC[C@H]1Cc1ccc(C)c(F)c1. The van der Waals surface area contributed by atoms with Crippen molar-refractivity contribution in [3.63, 3.8) is 0 Å². The van der Waals surface area contributed by atoms with Gasteiger partial charge in [-0.2, -0.15) is 0 Å². The van der Waals surface area contributed by atoms with Gasteiger partial charge >= 0.3 is 5.97 Å². The third-order valence-corrected chi connectivity index (χ3v) is 6.94. The van der Waals surface area contributed by atoms with Crippen molar-refractivity contribution in [3.8, 4) is 0 Å². The number of halogens is 3. The summed E-state index contributed by atoms with van der Waals surface area (Å²) in [7, 11) is 0. The highest BCUT2D eigenvalue weighted by Crippen LogP contribution is 2.29. The highest BCUT2D eigenvalue weighted by Gasteiger charge is 2.27. The van der Waals surface area contributed by atoms with Gasteiger partial charge in [0.2, 0.25) is 0 Å². The molecule has 0 amide bonds. The van der Waals surface area contributed by atoms with Crippen LogP contribution in [-0.2, 0) is 27.1 Å². The van der Waals surface area contributed by atoms with E-state index in [2.05, 4.69) is 4.90 Å². The minimum atomic E-state index is -0.800. The lowest BCUT2D eigenvalue weighted by atomic mass is 9.96. The fourth-order valence-corrected chi connectivity index (χ4v) is 5.01. The Morgan fingerprint density at radius 1 is 1.16 bits per heavy atom. The molecule has 0 aliphatic carbocycles. The lowest BCUT2D eigenvalue weighted by Crippen LogP contribution is -2.39. The van der Waals surface area contributed by atoms with E-state index in [1.54, 1.807) is 26.0 Å². The number of esters is 1. The molecule has 1 N–H and O–H groups in total. The second-order valence-corrected chi connectivity index (χ2v) is 9.72. The predicted molar refractivity (Wildman–Crippen MR) is 136 cm³/mol. The molecule has 1 saturated heterocycles. The average Bonchev–Trinajstić information content (AvgIpc) is 3.27. The number of β-amino-alcohol motifs (C(OH)–C–C–N with tert-alkyl or cyclic N) is 1. The van der Waals surface area contributed by atoms with Crippen LogP contribution in [0.1, 0.15) is 67.9 Å². The third-order valence-electron chi connectivity index (χ3n) is 6.94. The first kappa shape index (κ1) is 29.1. The Morgan fingerprint density at radius 2 is 1.95 bits per heavy atom. The van der Waals surface area contributed by atoms with E-state index in [0.29, 0.717) is 30.5 Å². The highest BCUT2D eigenvalue weighted by molar-refractivity contribution is 5.69. The van der Waals surface area contributed by atoms with Gasteiger partial charge in [0, 0.05) is 25.1 Å². The van der Waals surface area contributed by atoms with Crippen molar-refractivity contribution in [1.29, 1.82) is 0 Å². The van der Waals surface area contributed by atoms with Crippen LogP contribution in [0.4, 0.5) is 13.2 Å². The molecule has 1 heterocycles. The van der Waals surface area contributed by atoms with E-state index in [9.17, 15) is 23.1 Å². The second-order valence-electron chi connectivity index (χ2n) is 9.72. The predicted octanol–water partition coefficient (Wildman–Crippen LogP) is 5.44. The molecule has 0 saturated carbocycles. The maximum atomic E-state index is 14.7. The molecule has 204 valence electrons. The number of nitrogens with zero attached hydrogens (tertiary/aromatic N) is 1. The molecule has 0 unspecified atom stereocenters. The fraction of sp³-hybridized carbons (Fsp3) is 0.552. The van der Waals surface area contributed by atoms with Crippen molar-refractivity contribution in [2.24, 2.45) is 0 Å². The molecule has 1 aliphatic heterocycles. The fourth-order valence-electron chi connectivity index (χ4n) is 5.01. The number of aliphatic hydroxyl groups is 1. The van der Waals surface area contributed by atoms with E-state index >= 15 is 0 Å². The summed E-state index contributed by atoms with van der Waals surface area (Å²) in [5, 5.41) is 10.7. The van der Waals surface area contributed by atoms with Gasteiger partial charge in [-0.1, -0.05) is 19.1 Å². The first-order valence-corrected chi connectivity index (χ1v) is 13.1. The average molecular weight is 522 g/mol. The van der Waals surface area contributed by atoms with Crippen LogP contribution in [0.3, 0.4) is 0 Å². The smallest absolute Gasteiger partial charge is 0.306 e. The summed E-state index contributed by atoms with van der Waals surface area (Å²) < 4.78 is 53.6. The van der Waals surface area contributed by atoms with Crippen molar-refractivity contribution in [2.45, 2.75) is 77.5 Å². The minimum absolute atomic E-state index is 0.00364. The Kier molecular flexibility index (Phi) is 11.0. The van der Waals surface area contributed by atoms with Crippen LogP contribution in [0.15, 0.2) is 30.3 Å². The van der Waals surface area contributed by atoms with Crippen molar-refractivity contribution in [1.82, 2.24) is 4.90 Å². The highest BCUT2D eigenvalue weighted by atomic mass is 19.1. The molecule has 0 bridgehead atoms. The standard InChI is InChI=1S/C29H38F3NO4/c1-4-28(25-15-21(30)16-27(32)24(25)10-11-29(35)36-5-2)37-18-23(34)17-33-12-6-7-22(33)13-20-9-8-19(3)26(31)14-20/h8-9,14-16,22-23,28,34H,4-7,10-13,17-18H2,1-3H3/t22-,23+,28+/m0/s1. The first-order valence-electron chi connectivity index (χ1n) is 13.1. The molecule has 3 rings (SSSR count). The monoisotopic (exact) mass is 521 g/mol. The topological polar surface area (TPSA) is 59.0 Å². The van der Waals surface area contributed by atoms with Crippen LogP contribution in [-0.4, -0.2) is 54.4 Å². The zero-order valence-electron chi connectivity index (χ0n) is 21.9. The minimum Gasteiger partial charge on any atom is -0.466 e. The second kappa shape index (κ2) is 13.9. The van der Waals surface area contributed by atoms with E-state index in [-0.39, 0.29) is 43.5 Å². The molecule has 0 aromatic heterocycles.